The number of hydrogen-bond donors (Lipinski definition) is 1. The van der Waals surface area contributed by atoms with Gasteiger partial charge in [-0.2, -0.15) is 0 Å². The number of rotatable bonds is 5. The topological polar surface area (TPSA) is 61.4 Å². The average Bonchev–Trinajstić information content (AvgIpc) is 2.78. The van der Waals surface area contributed by atoms with E-state index in [1.165, 1.54) is 25.0 Å². The first kappa shape index (κ1) is 20.6. The molecule has 30 heavy (non-hydrogen) atoms. The highest BCUT2D eigenvalue weighted by Gasteiger charge is 2.26. The van der Waals surface area contributed by atoms with E-state index in [0.717, 1.165) is 62.1 Å². The first-order chi connectivity index (χ1) is 14.6. The molecule has 2 aromatic rings. The molecule has 0 spiro atoms. The Labute approximate surface area is 177 Å². The highest BCUT2D eigenvalue weighted by Crippen LogP contribution is 2.25. The Hall–Kier alpha value is -2.70. The number of piperidine rings is 2. The fourth-order valence-corrected chi connectivity index (χ4v) is 4.24. The number of amides is 1. The number of halogens is 1. The molecule has 1 aromatic heterocycles. The molecular formula is C23H30FN5O. The van der Waals surface area contributed by atoms with Crippen LogP contribution in [0.15, 0.2) is 36.4 Å². The van der Waals surface area contributed by atoms with E-state index in [2.05, 4.69) is 38.3 Å². The van der Waals surface area contributed by atoms with Crippen LogP contribution in [0.3, 0.4) is 0 Å². The maximum absolute atomic E-state index is 13.3. The number of nitrogens with zero attached hydrogens (tertiary/aromatic N) is 4. The highest BCUT2D eigenvalue weighted by atomic mass is 19.1. The monoisotopic (exact) mass is 411 g/mol. The summed E-state index contributed by atoms with van der Waals surface area (Å²) in [7, 11) is 0. The summed E-state index contributed by atoms with van der Waals surface area (Å²) in [5.41, 5.74) is 0.777. The summed E-state index contributed by atoms with van der Waals surface area (Å²) in [5.74, 6) is 2.37. The molecule has 4 rings (SSSR count). The molecule has 1 aromatic carbocycles. The second-order valence-electron chi connectivity index (χ2n) is 8.53. The quantitative estimate of drug-likeness (QED) is 0.817. The maximum atomic E-state index is 13.3. The molecule has 0 saturated carbocycles. The van der Waals surface area contributed by atoms with E-state index in [9.17, 15) is 9.18 Å². The zero-order chi connectivity index (χ0) is 20.9. The molecule has 2 saturated heterocycles. The third-order valence-corrected chi connectivity index (χ3v) is 6.29. The van der Waals surface area contributed by atoms with E-state index in [1.807, 2.05) is 12.1 Å². The SMILES string of the molecule is CC1CCN(c2ccc(N3CCC(C(=O)NCc4cccc(F)c4)CC3)nn2)CC1. The molecule has 7 heteroatoms. The minimum atomic E-state index is -0.281. The minimum Gasteiger partial charge on any atom is -0.355 e. The number of aromatic nitrogens is 2. The standard InChI is InChI=1S/C23H30FN5O/c1-17-7-11-28(12-8-17)21-5-6-22(27-26-21)29-13-9-19(10-14-29)23(30)25-16-18-3-2-4-20(24)15-18/h2-6,15,17,19H,7-14,16H2,1H3,(H,25,30). The average molecular weight is 412 g/mol. The zero-order valence-electron chi connectivity index (χ0n) is 17.6. The Morgan fingerprint density at radius 3 is 2.17 bits per heavy atom. The summed E-state index contributed by atoms with van der Waals surface area (Å²) in [5, 5.41) is 11.8. The largest absolute Gasteiger partial charge is 0.355 e. The molecule has 0 atom stereocenters. The van der Waals surface area contributed by atoms with Gasteiger partial charge >= 0.3 is 0 Å². The van der Waals surface area contributed by atoms with Gasteiger partial charge in [0.1, 0.15) is 5.82 Å². The maximum Gasteiger partial charge on any atom is 0.223 e. The van der Waals surface area contributed by atoms with Crippen LogP contribution in [0.4, 0.5) is 16.0 Å². The Morgan fingerprint density at radius 1 is 1.00 bits per heavy atom. The predicted molar refractivity (Wildman–Crippen MR) is 116 cm³/mol. The van der Waals surface area contributed by atoms with Crippen molar-refractivity contribution in [3.8, 4) is 0 Å². The summed E-state index contributed by atoms with van der Waals surface area (Å²) in [6, 6.07) is 10.5. The van der Waals surface area contributed by atoms with Gasteiger partial charge in [0, 0.05) is 38.6 Å². The van der Waals surface area contributed by atoms with Gasteiger partial charge in [-0.25, -0.2) is 4.39 Å². The first-order valence-electron chi connectivity index (χ1n) is 10.9. The van der Waals surface area contributed by atoms with Crippen LogP contribution in [-0.2, 0) is 11.3 Å². The summed E-state index contributed by atoms with van der Waals surface area (Å²) >= 11 is 0. The summed E-state index contributed by atoms with van der Waals surface area (Å²) in [4.78, 5) is 17.0. The molecule has 1 amide bonds. The number of carbonyl (C=O) groups is 1. The van der Waals surface area contributed by atoms with Gasteiger partial charge in [0.25, 0.3) is 0 Å². The second kappa shape index (κ2) is 9.41. The van der Waals surface area contributed by atoms with Crippen LogP contribution in [0, 0.1) is 17.7 Å². The van der Waals surface area contributed by atoms with E-state index in [0.29, 0.717) is 6.54 Å². The summed E-state index contributed by atoms with van der Waals surface area (Å²) in [6.07, 6.45) is 3.97. The van der Waals surface area contributed by atoms with E-state index >= 15 is 0 Å². The minimum absolute atomic E-state index is 0.0163. The molecule has 2 aliphatic rings. The molecule has 160 valence electrons. The van der Waals surface area contributed by atoms with Crippen LogP contribution in [0.25, 0.3) is 0 Å². The molecule has 2 fully saturated rings. The Balaban J connectivity index is 1.25. The molecular weight excluding hydrogens is 381 g/mol. The number of anilines is 2. The van der Waals surface area contributed by atoms with E-state index in [4.69, 9.17) is 0 Å². The van der Waals surface area contributed by atoms with Crippen molar-refractivity contribution in [1.82, 2.24) is 15.5 Å². The second-order valence-corrected chi connectivity index (χ2v) is 8.53. The van der Waals surface area contributed by atoms with Crippen molar-refractivity contribution in [2.75, 3.05) is 36.0 Å². The molecule has 2 aliphatic heterocycles. The van der Waals surface area contributed by atoms with Gasteiger partial charge in [0.15, 0.2) is 11.6 Å². The van der Waals surface area contributed by atoms with E-state index < -0.39 is 0 Å². The predicted octanol–water partition coefficient (Wildman–Crippen LogP) is 3.38. The molecule has 1 N–H and O–H groups in total. The van der Waals surface area contributed by atoms with Crippen LogP contribution < -0.4 is 15.1 Å². The number of benzene rings is 1. The van der Waals surface area contributed by atoms with Gasteiger partial charge < -0.3 is 15.1 Å². The first-order valence-corrected chi connectivity index (χ1v) is 10.9. The van der Waals surface area contributed by atoms with Crippen LogP contribution in [0.2, 0.25) is 0 Å². The van der Waals surface area contributed by atoms with Gasteiger partial charge in [-0.05, 0) is 61.4 Å². The van der Waals surface area contributed by atoms with Crippen molar-refractivity contribution < 1.29 is 9.18 Å². The molecule has 0 unspecified atom stereocenters. The van der Waals surface area contributed by atoms with Crippen molar-refractivity contribution in [1.29, 1.82) is 0 Å². The summed E-state index contributed by atoms with van der Waals surface area (Å²) < 4.78 is 13.3. The van der Waals surface area contributed by atoms with Gasteiger partial charge in [-0.1, -0.05) is 19.1 Å². The number of nitrogens with one attached hydrogen (secondary N) is 1. The lowest BCUT2D eigenvalue weighted by atomic mass is 9.96. The van der Waals surface area contributed by atoms with Gasteiger partial charge in [0.2, 0.25) is 5.91 Å². The van der Waals surface area contributed by atoms with Crippen LogP contribution in [0.5, 0.6) is 0 Å². The van der Waals surface area contributed by atoms with Gasteiger partial charge in [0.05, 0.1) is 0 Å². The van der Waals surface area contributed by atoms with Crippen LogP contribution in [-0.4, -0.2) is 42.3 Å². The van der Waals surface area contributed by atoms with Crippen LogP contribution in [0.1, 0.15) is 38.2 Å². The van der Waals surface area contributed by atoms with E-state index in [1.54, 1.807) is 6.07 Å². The van der Waals surface area contributed by atoms with E-state index in [-0.39, 0.29) is 17.6 Å². The van der Waals surface area contributed by atoms with Crippen molar-refractivity contribution in [2.45, 2.75) is 39.2 Å². The normalized spacial score (nSPS) is 18.5. The van der Waals surface area contributed by atoms with Gasteiger partial charge in [-0.3, -0.25) is 4.79 Å². The fourth-order valence-electron chi connectivity index (χ4n) is 4.24. The number of hydrogen-bond acceptors (Lipinski definition) is 5. The van der Waals surface area contributed by atoms with Crippen LogP contribution >= 0.6 is 0 Å². The number of carbonyl (C=O) groups excluding carboxylic acids is 1. The Bertz CT molecular complexity index is 843. The Kier molecular flexibility index (Phi) is 6.45. The van der Waals surface area contributed by atoms with Crippen molar-refractivity contribution in [3.63, 3.8) is 0 Å². The van der Waals surface area contributed by atoms with Gasteiger partial charge in [-0.15, -0.1) is 10.2 Å². The lowest BCUT2D eigenvalue weighted by molar-refractivity contribution is -0.125. The molecule has 0 bridgehead atoms. The molecule has 0 radical (unpaired) electrons. The summed E-state index contributed by atoms with van der Waals surface area (Å²) in [6.45, 7) is 6.33. The van der Waals surface area contributed by atoms with Crippen molar-refractivity contribution >= 4 is 17.5 Å². The third-order valence-electron chi connectivity index (χ3n) is 6.29. The molecule has 0 aliphatic carbocycles. The lowest BCUT2D eigenvalue weighted by Gasteiger charge is -2.33. The molecule has 6 nitrogen and oxygen atoms in total. The molecule has 3 heterocycles. The zero-order valence-corrected chi connectivity index (χ0v) is 17.6. The van der Waals surface area contributed by atoms with Crippen molar-refractivity contribution in [2.24, 2.45) is 11.8 Å². The third kappa shape index (κ3) is 5.07. The van der Waals surface area contributed by atoms with Crippen molar-refractivity contribution in [3.05, 3.63) is 47.8 Å². The smallest absolute Gasteiger partial charge is 0.223 e. The fraction of sp³-hybridized carbons (Fsp3) is 0.522. The lowest BCUT2D eigenvalue weighted by Crippen LogP contribution is -2.40. The highest BCUT2D eigenvalue weighted by molar-refractivity contribution is 5.79. The Morgan fingerprint density at radius 2 is 1.60 bits per heavy atom.